The molecular formula is C84H74B2N6O4. The van der Waals surface area contributed by atoms with Gasteiger partial charge in [0.15, 0.2) is 11.1 Å². The molecule has 0 amide bonds. The molecular weight excluding hydrogens is 1180 g/mol. The summed E-state index contributed by atoms with van der Waals surface area (Å²) in [5, 5.41) is 32.4. The first kappa shape index (κ1) is 59.9. The van der Waals surface area contributed by atoms with Crippen molar-refractivity contribution in [1.82, 2.24) is 8.96 Å². The van der Waals surface area contributed by atoms with Crippen molar-refractivity contribution in [3.05, 3.63) is 265 Å². The number of aromatic nitrogens is 4. The van der Waals surface area contributed by atoms with Crippen LogP contribution in [0.25, 0.3) is 88.2 Å². The predicted molar refractivity (Wildman–Crippen MR) is 389 cm³/mol. The molecule has 6 heterocycles. The molecule has 96 heavy (non-hydrogen) atoms. The number of hydrogen-bond acceptors (Lipinski definition) is 6. The number of oxazole rings is 2. The van der Waals surface area contributed by atoms with Crippen LogP contribution >= 0.6 is 0 Å². The number of rotatable bonds is 22. The summed E-state index contributed by atoms with van der Waals surface area (Å²) in [6.07, 6.45) is 8.78. The number of hydrogen-bond donors (Lipinski definition) is 0. The maximum Gasteiger partial charge on any atom is 0.438 e. The van der Waals surface area contributed by atoms with Gasteiger partial charge in [-0.3, -0.25) is 0 Å². The Labute approximate surface area is 559 Å². The molecule has 0 unspecified atom stereocenters. The van der Waals surface area contributed by atoms with Crippen molar-refractivity contribution in [3.8, 4) is 46.2 Å². The molecule has 10 aromatic carbocycles. The fourth-order valence-electron chi connectivity index (χ4n) is 16.4. The summed E-state index contributed by atoms with van der Waals surface area (Å²) in [4.78, 5) is 0. The summed E-state index contributed by atoms with van der Waals surface area (Å²) in [6.45, 7) is 5.70. The molecule has 470 valence electrons. The largest absolute Gasteiger partial charge is 0.494 e. The van der Waals surface area contributed by atoms with E-state index in [4.69, 9.17) is 18.3 Å². The second-order valence-corrected chi connectivity index (χ2v) is 26.2. The molecule has 0 bridgehead atoms. The normalized spacial score (nSPS) is 13.6. The molecule has 0 fully saturated rings. The number of nitrogens with zero attached hydrogens (tertiary/aromatic N) is 6. The molecule has 2 aliphatic heterocycles. The van der Waals surface area contributed by atoms with E-state index < -0.39 is 12.8 Å². The summed E-state index contributed by atoms with van der Waals surface area (Å²) in [7, 11) is 0. The van der Waals surface area contributed by atoms with E-state index in [0.717, 1.165) is 125 Å². The third-order valence-electron chi connectivity index (χ3n) is 20.7. The highest BCUT2D eigenvalue weighted by Crippen LogP contribution is 2.42. The minimum atomic E-state index is -2.54. The van der Waals surface area contributed by atoms with Gasteiger partial charge in [0.05, 0.1) is 13.2 Å². The Kier molecular flexibility index (Phi) is 15.8. The number of nitriles is 2. The third kappa shape index (κ3) is 9.59. The second kappa shape index (κ2) is 25.3. The summed E-state index contributed by atoms with van der Waals surface area (Å²) in [5.41, 5.74) is 10.9. The van der Waals surface area contributed by atoms with Crippen LogP contribution in [-0.4, -0.2) is 35.0 Å². The smallest absolute Gasteiger partial charge is 0.438 e. The minimum Gasteiger partial charge on any atom is -0.494 e. The number of ether oxygens (including phenoxy) is 2. The predicted octanol–water partition coefficient (Wildman–Crippen LogP) is 15.0. The van der Waals surface area contributed by atoms with Crippen LogP contribution in [-0.2, 0) is 0 Å². The second-order valence-electron chi connectivity index (χ2n) is 26.2. The molecule has 4 aromatic heterocycles. The summed E-state index contributed by atoms with van der Waals surface area (Å²) >= 11 is 0. The zero-order valence-electron chi connectivity index (χ0n) is 54.5. The van der Waals surface area contributed by atoms with Crippen molar-refractivity contribution >= 4 is 100 Å². The molecule has 0 saturated carbocycles. The highest BCUT2D eigenvalue weighted by atomic mass is 16.5. The van der Waals surface area contributed by atoms with Crippen LogP contribution in [0.4, 0.5) is 0 Å². The molecule has 0 atom stereocenters. The van der Waals surface area contributed by atoms with Crippen LogP contribution in [0.15, 0.2) is 251 Å². The Balaban J connectivity index is 1.12. The van der Waals surface area contributed by atoms with Gasteiger partial charge in [-0.1, -0.05) is 248 Å². The van der Waals surface area contributed by atoms with Crippen LogP contribution in [0.5, 0.6) is 11.5 Å². The summed E-state index contributed by atoms with van der Waals surface area (Å²) < 4.78 is 37.9. The Morgan fingerprint density at radius 2 is 0.688 bits per heavy atom. The van der Waals surface area contributed by atoms with Crippen molar-refractivity contribution in [1.29, 1.82) is 10.5 Å². The first-order valence-electron chi connectivity index (χ1n) is 34.6. The SMILES string of the molecule is CCCCCCCCOc1ccc(-c2c3c4n(c(-c5ccc(OCCCCCCCC)cc5)c3c3n2[B-](c2ccccc2)(c2ccccc2)[n+]2c(oc5cc6ccccc6cc52)C=3C#N)[B-](c2ccccc2)(c2ccccc2)[n+]2c(oc3cc5ccccc5cc32)C=4C#N)cc1. The van der Waals surface area contributed by atoms with Crippen molar-refractivity contribution in [2.24, 2.45) is 0 Å². The van der Waals surface area contributed by atoms with Gasteiger partial charge in [-0.25, -0.2) is 0 Å². The van der Waals surface area contributed by atoms with Gasteiger partial charge in [-0.05, 0) is 106 Å². The van der Waals surface area contributed by atoms with E-state index in [0.29, 0.717) is 58.0 Å². The zero-order valence-corrected chi connectivity index (χ0v) is 54.5. The number of unbranched alkanes of at least 4 members (excludes halogenated alkanes) is 10. The van der Waals surface area contributed by atoms with Crippen LogP contribution in [0.3, 0.4) is 0 Å². The molecule has 2 aliphatic rings. The average molecular weight is 1250 g/mol. The van der Waals surface area contributed by atoms with Crippen molar-refractivity contribution in [3.63, 3.8) is 0 Å². The Morgan fingerprint density at radius 3 is 1.02 bits per heavy atom. The molecule has 16 rings (SSSR count). The number of benzene rings is 10. The lowest BCUT2D eigenvalue weighted by Crippen LogP contribution is -2.87. The lowest BCUT2D eigenvalue weighted by Gasteiger charge is -2.42. The highest BCUT2D eigenvalue weighted by Gasteiger charge is 2.57. The topological polar surface area (TPSA) is 110 Å². The van der Waals surface area contributed by atoms with E-state index in [1.54, 1.807) is 0 Å². The molecule has 0 saturated heterocycles. The van der Waals surface area contributed by atoms with E-state index in [1.165, 1.54) is 51.4 Å². The minimum absolute atomic E-state index is 0.343. The highest BCUT2D eigenvalue weighted by molar-refractivity contribution is 6.96. The molecule has 0 aliphatic carbocycles. The van der Waals surface area contributed by atoms with Gasteiger partial charge in [0.25, 0.3) is 0 Å². The van der Waals surface area contributed by atoms with Gasteiger partial charge in [0, 0.05) is 45.0 Å². The van der Waals surface area contributed by atoms with Gasteiger partial charge in [0.1, 0.15) is 23.6 Å². The molecule has 0 spiro atoms. The number of fused-ring (bicyclic) bond motifs is 13. The van der Waals surface area contributed by atoms with E-state index in [2.05, 4.69) is 287 Å². The molecule has 14 aromatic rings. The van der Waals surface area contributed by atoms with E-state index in [9.17, 15) is 10.5 Å². The molecule has 0 N–H and O–H groups in total. The molecule has 12 heteroatoms. The third-order valence-corrected chi connectivity index (χ3v) is 20.7. The van der Waals surface area contributed by atoms with Gasteiger partial charge >= 0.3 is 24.6 Å². The van der Waals surface area contributed by atoms with Crippen molar-refractivity contribution in [2.45, 2.75) is 90.9 Å². The maximum absolute atomic E-state index is 12.7. The molecule has 0 radical (unpaired) electrons. The van der Waals surface area contributed by atoms with Gasteiger partial charge < -0.3 is 36.2 Å². The quantitative estimate of drug-likeness (QED) is 0.0494. The van der Waals surface area contributed by atoms with Gasteiger partial charge in [-0.15, -0.1) is 21.9 Å². The van der Waals surface area contributed by atoms with Crippen molar-refractivity contribution < 1.29 is 27.3 Å². The average Bonchev–Trinajstić information content (AvgIpc) is 1.48. The summed E-state index contributed by atoms with van der Waals surface area (Å²) in [6, 6.07) is 91.3. The molecule has 10 nitrogen and oxygen atoms in total. The van der Waals surface area contributed by atoms with E-state index >= 15 is 0 Å². The van der Waals surface area contributed by atoms with Gasteiger partial charge in [0.2, 0.25) is 22.2 Å². The van der Waals surface area contributed by atoms with Crippen LogP contribution in [0.1, 0.15) is 103 Å². The Morgan fingerprint density at radius 1 is 0.375 bits per heavy atom. The lowest BCUT2D eigenvalue weighted by molar-refractivity contribution is -0.526. The van der Waals surface area contributed by atoms with Crippen molar-refractivity contribution in [2.75, 3.05) is 13.2 Å². The van der Waals surface area contributed by atoms with E-state index in [1.807, 2.05) is 0 Å². The Bertz CT molecular complexity index is 5050. The zero-order chi connectivity index (χ0) is 64.7. The first-order valence-corrected chi connectivity index (χ1v) is 34.6. The Hall–Kier alpha value is -11.1. The fourth-order valence-corrected chi connectivity index (χ4v) is 16.4. The maximum atomic E-state index is 12.7. The van der Waals surface area contributed by atoms with Crippen LogP contribution in [0.2, 0.25) is 0 Å². The fraction of sp³-hybridized carbons (Fsp3) is 0.190. The van der Waals surface area contributed by atoms with Crippen LogP contribution < -0.4 is 51.0 Å². The van der Waals surface area contributed by atoms with Crippen LogP contribution in [0, 0.1) is 22.7 Å². The van der Waals surface area contributed by atoms with E-state index in [-0.39, 0.29) is 0 Å². The standard InChI is InChI=1S/C84H74B2N6O4/c1-3-5-7-9-11-29-51-93-69-47-43-59(44-48-69)79-77-78(82-72(58-88)84-89(73-53-61-31-25-27-33-63(61)55-75(73)96-84)85(91(79)82,65-35-17-13-18-36-65)66-37-19-14-20-38-66)80(60-45-49-70(50-46-60)94-52-30-12-10-8-6-4-2)92-81(77)71(57-87)83-90(74-54-62-32-26-28-34-64(62)56-76(74)95-83)86(92,67-39-21-15-22-40-67)68-41-23-16-24-42-68/h13-28,31-50,53-56H,3-12,29-30,51-52H2,1-2H3. The van der Waals surface area contributed by atoms with Gasteiger partial charge in [-0.2, -0.15) is 10.5 Å². The monoisotopic (exact) mass is 1250 g/mol. The first-order chi connectivity index (χ1) is 47.5. The summed E-state index contributed by atoms with van der Waals surface area (Å²) in [5.74, 6) is 2.37. The lowest BCUT2D eigenvalue weighted by atomic mass is 9.35.